The maximum atomic E-state index is 12.5. The van der Waals surface area contributed by atoms with Crippen molar-refractivity contribution >= 4 is 11.0 Å². The van der Waals surface area contributed by atoms with E-state index in [1.807, 2.05) is 46.8 Å². The smallest absolute Gasteiger partial charge is 0.125 e. The number of nitrogens with one attached hydrogen (secondary N) is 1. The molecule has 0 heterocycles. The highest BCUT2D eigenvalue weighted by Gasteiger charge is 2.41. The summed E-state index contributed by atoms with van der Waals surface area (Å²) in [5.41, 5.74) is 2.61. The molecule has 20 heavy (non-hydrogen) atoms. The molecule has 1 saturated carbocycles. The predicted octanol–water partition coefficient (Wildman–Crippen LogP) is 4.48. The Morgan fingerprint density at radius 2 is 1.75 bits per heavy atom. The van der Waals surface area contributed by atoms with Crippen LogP contribution in [0.25, 0.3) is 0 Å². The van der Waals surface area contributed by atoms with Gasteiger partial charge in [-0.15, -0.1) is 0 Å². The Morgan fingerprint density at radius 1 is 1.20 bits per heavy atom. The van der Waals surface area contributed by atoms with E-state index in [1.165, 1.54) is 24.0 Å². The zero-order chi connectivity index (χ0) is 15.6. The topological polar surface area (TPSA) is 29.1 Å². The lowest BCUT2D eigenvalue weighted by atomic mass is 9.97. The van der Waals surface area contributed by atoms with Crippen molar-refractivity contribution in [2.75, 3.05) is 0 Å². The van der Waals surface area contributed by atoms with E-state index in [2.05, 4.69) is 24.6 Å². The molecule has 1 atom stereocenters. The van der Waals surface area contributed by atoms with Crippen molar-refractivity contribution in [2.24, 2.45) is 0 Å². The fourth-order valence-corrected chi connectivity index (χ4v) is 3.43. The highest BCUT2D eigenvalue weighted by Crippen LogP contribution is 2.49. The first-order valence-electron chi connectivity index (χ1n) is 7.52. The molecule has 1 aliphatic carbocycles. The van der Waals surface area contributed by atoms with Crippen LogP contribution in [0.5, 0.6) is 0 Å². The molecule has 0 aromatic heterocycles. The Balaban J connectivity index is 0.000000956. The Morgan fingerprint density at radius 3 is 2.20 bits per heavy atom. The van der Waals surface area contributed by atoms with Crippen molar-refractivity contribution < 1.29 is 4.21 Å². The largest absolute Gasteiger partial charge is 0.237 e. The second kappa shape index (κ2) is 6.40. The lowest BCUT2D eigenvalue weighted by Crippen LogP contribution is -2.37. The number of rotatable bonds is 3. The second-order valence-corrected chi connectivity index (χ2v) is 7.86. The van der Waals surface area contributed by atoms with E-state index < -0.39 is 11.0 Å². The van der Waals surface area contributed by atoms with E-state index in [-0.39, 0.29) is 11.0 Å². The van der Waals surface area contributed by atoms with Crippen LogP contribution in [-0.4, -0.2) is 9.75 Å². The van der Waals surface area contributed by atoms with Crippen LogP contribution in [0.3, 0.4) is 0 Å². The first-order valence-corrected chi connectivity index (χ1v) is 8.67. The fraction of sp³-hybridized carbons (Fsp3) is 0.647. The van der Waals surface area contributed by atoms with Crippen LogP contribution in [0.4, 0.5) is 0 Å². The van der Waals surface area contributed by atoms with Gasteiger partial charge in [0, 0.05) is 5.54 Å². The molecule has 0 aliphatic heterocycles. The van der Waals surface area contributed by atoms with Gasteiger partial charge in [-0.25, -0.2) is 8.93 Å². The molecule has 1 aromatic carbocycles. The number of aryl methyl sites for hydroxylation is 1. The normalized spacial score (nSPS) is 17.9. The number of benzene rings is 1. The van der Waals surface area contributed by atoms with Crippen LogP contribution in [0.2, 0.25) is 0 Å². The highest BCUT2D eigenvalue weighted by molar-refractivity contribution is 7.83. The highest BCUT2D eigenvalue weighted by atomic mass is 32.2. The minimum absolute atomic E-state index is 0.141. The van der Waals surface area contributed by atoms with Crippen LogP contribution >= 0.6 is 0 Å². The van der Waals surface area contributed by atoms with Crippen molar-refractivity contribution in [3.8, 4) is 0 Å². The molecule has 1 unspecified atom stereocenters. The summed E-state index contributed by atoms with van der Waals surface area (Å²) in [6.45, 7) is 14.5. The molecule has 0 spiro atoms. The monoisotopic (exact) mass is 295 g/mol. The molecule has 2 rings (SSSR count). The maximum absolute atomic E-state index is 12.5. The van der Waals surface area contributed by atoms with Crippen LogP contribution in [-0.2, 0) is 16.4 Å². The SMILES string of the molecule is CC.Cc1ccc(S(=O)NC(C)(C)C)c(C2(C)CC2)c1. The van der Waals surface area contributed by atoms with Crippen LogP contribution in [0, 0.1) is 6.92 Å². The van der Waals surface area contributed by atoms with Gasteiger partial charge in [0.25, 0.3) is 0 Å². The number of hydrogen-bond donors (Lipinski definition) is 1. The molecule has 1 N–H and O–H groups in total. The van der Waals surface area contributed by atoms with Crippen LogP contribution < -0.4 is 4.72 Å². The molecule has 0 amide bonds. The van der Waals surface area contributed by atoms with Gasteiger partial charge in [0.15, 0.2) is 0 Å². The first-order chi connectivity index (χ1) is 9.21. The summed E-state index contributed by atoms with van der Waals surface area (Å²) in [6.07, 6.45) is 2.41. The fourth-order valence-electron chi connectivity index (χ4n) is 2.07. The summed E-state index contributed by atoms with van der Waals surface area (Å²) in [4.78, 5) is 0.954. The summed E-state index contributed by atoms with van der Waals surface area (Å²) in [6, 6.07) is 6.26. The van der Waals surface area contributed by atoms with Gasteiger partial charge in [-0.05, 0) is 57.6 Å². The van der Waals surface area contributed by atoms with E-state index in [0.29, 0.717) is 0 Å². The Bertz CT molecular complexity index is 484. The van der Waals surface area contributed by atoms with Gasteiger partial charge in [0.2, 0.25) is 0 Å². The summed E-state index contributed by atoms with van der Waals surface area (Å²) in [7, 11) is -1.13. The third-order valence-corrected chi connectivity index (χ3v) is 4.94. The molecule has 1 aromatic rings. The van der Waals surface area contributed by atoms with Crippen molar-refractivity contribution in [1.29, 1.82) is 0 Å². The molecule has 114 valence electrons. The average Bonchev–Trinajstić information content (AvgIpc) is 3.09. The third-order valence-electron chi connectivity index (χ3n) is 3.38. The van der Waals surface area contributed by atoms with E-state index in [9.17, 15) is 4.21 Å². The molecule has 0 radical (unpaired) electrons. The van der Waals surface area contributed by atoms with Crippen molar-refractivity contribution in [2.45, 2.75) is 77.2 Å². The maximum Gasteiger partial charge on any atom is 0.125 e. The zero-order valence-corrected chi connectivity index (χ0v) is 14.8. The number of hydrogen-bond acceptors (Lipinski definition) is 1. The molecule has 2 nitrogen and oxygen atoms in total. The molecule has 1 fully saturated rings. The molecular weight excluding hydrogens is 266 g/mol. The Kier molecular flexibility index (Phi) is 5.56. The van der Waals surface area contributed by atoms with Crippen molar-refractivity contribution in [3.63, 3.8) is 0 Å². The summed E-state index contributed by atoms with van der Waals surface area (Å²) in [5, 5.41) is 0. The van der Waals surface area contributed by atoms with Crippen molar-refractivity contribution in [1.82, 2.24) is 4.72 Å². The van der Waals surface area contributed by atoms with Gasteiger partial charge in [-0.2, -0.15) is 0 Å². The van der Waals surface area contributed by atoms with Gasteiger partial charge >= 0.3 is 0 Å². The standard InChI is InChI=1S/C15H23NOS.C2H6/c1-11-6-7-13(18(17)16-14(2,3)4)12(10-11)15(5)8-9-15;1-2/h6-7,10,16H,8-9H2,1-5H3;1-2H3. The van der Waals surface area contributed by atoms with Gasteiger partial charge in [0.05, 0.1) is 4.90 Å². The van der Waals surface area contributed by atoms with Gasteiger partial charge in [0.1, 0.15) is 11.0 Å². The lowest BCUT2D eigenvalue weighted by Gasteiger charge is -2.22. The van der Waals surface area contributed by atoms with Gasteiger partial charge < -0.3 is 0 Å². The minimum atomic E-state index is -1.13. The third kappa shape index (κ3) is 4.42. The molecule has 1 aliphatic rings. The predicted molar refractivity (Wildman–Crippen MR) is 88.4 cm³/mol. The minimum Gasteiger partial charge on any atom is -0.237 e. The Labute approximate surface area is 127 Å². The van der Waals surface area contributed by atoms with Gasteiger partial charge in [-0.1, -0.05) is 38.5 Å². The van der Waals surface area contributed by atoms with E-state index in [0.717, 1.165) is 4.90 Å². The van der Waals surface area contributed by atoms with E-state index in [4.69, 9.17) is 0 Å². The average molecular weight is 295 g/mol. The van der Waals surface area contributed by atoms with Gasteiger partial charge in [-0.3, -0.25) is 0 Å². The molecule has 3 heteroatoms. The van der Waals surface area contributed by atoms with Crippen LogP contribution in [0.15, 0.2) is 23.1 Å². The first kappa shape index (κ1) is 17.4. The summed E-state index contributed by atoms with van der Waals surface area (Å²) >= 11 is 0. The molecular formula is C17H29NOS. The van der Waals surface area contributed by atoms with E-state index >= 15 is 0 Å². The molecule has 0 bridgehead atoms. The van der Waals surface area contributed by atoms with Crippen LogP contribution in [0.1, 0.15) is 65.5 Å². The Hall–Kier alpha value is -0.670. The quantitative estimate of drug-likeness (QED) is 0.875. The van der Waals surface area contributed by atoms with E-state index in [1.54, 1.807) is 0 Å². The lowest BCUT2D eigenvalue weighted by molar-refractivity contribution is 0.519. The summed E-state index contributed by atoms with van der Waals surface area (Å²) < 4.78 is 15.6. The molecule has 0 saturated heterocycles. The van der Waals surface area contributed by atoms with Crippen molar-refractivity contribution in [3.05, 3.63) is 29.3 Å². The second-order valence-electron chi connectivity index (χ2n) is 6.68. The summed E-state index contributed by atoms with van der Waals surface area (Å²) in [5.74, 6) is 0. The zero-order valence-electron chi connectivity index (χ0n) is 14.0.